The number of guanidine groups is 1. The Morgan fingerprint density at radius 2 is 2.32 bits per heavy atom. The molecule has 1 unspecified atom stereocenters. The summed E-state index contributed by atoms with van der Waals surface area (Å²) in [7, 11) is 1.53. The van der Waals surface area contributed by atoms with Gasteiger partial charge in [0.05, 0.1) is 13.7 Å². The Balaban J connectivity index is 2.11. The van der Waals surface area contributed by atoms with Gasteiger partial charge in [0.2, 0.25) is 5.91 Å². The monoisotopic (exact) mass is 348 g/mol. The zero-order chi connectivity index (χ0) is 18.2. The number of methoxy groups -OCH3 is 1. The number of phenolic OH excluding ortho intramolecular Hbond substituents is 1. The second-order valence-electron chi connectivity index (χ2n) is 6.26. The summed E-state index contributed by atoms with van der Waals surface area (Å²) in [5, 5.41) is 13.5. The van der Waals surface area contributed by atoms with E-state index in [1.807, 2.05) is 19.1 Å². The lowest BCUT2D eigenvalue weighted by molar-refractivity contribution is -0.119. The molecule has 1 heterocycles. The molecule has 25 heavy (non-hydrogen) atoms. The van der Waals surface area contributed by atoms with Gasteiger partial charge in [-0.25, -0.2) is 4.99 Å². The number of hydrogen-bond acceptors (Lipinski definition) is 4. The Bertz CT molecular complexity index is 618. The maximum atomic E-state index is 11.2. The first-order valence-electron chi connectivity index (χ1n) is 8.71. The van der Waals surface area contributed by atoms with E-state index in [0.717, 1.165) is 38.4 Å². The molecule has 2 rings (SSSR count). The van der Waals surface area contributed by atoms with Gasteiger partial charge < -0.3 is 25.8 Å². The van der Waals surface area contributed by atoms with Gasteiger partial charge in [-0.1, -0.05) is 12.1 Å². The number of nitrogens with one attached hydrogen (secondary N) is 1. The third-order valence-electron chi connectivity index (χ3n) is 4.34. The molecule has 0 spiro atoms. The van der Waals surface area contributed by atoms with Gasteiger partial charge in [0.1, 0.15) is 0 Å². The molecule has 7 heteroatoms. The van der Waals surface area contributed by atoms with Crippen LogP contribution in [0, 0.1) is 5.92 Å². The van der Waals surface area contributed by atoms with Gasteiger partial charge in [0.25, 0.3) is 0 Å². The van der Waals surface area contributed by atoms with Crippen molar-refractivity contribution in [1.82, 2.24) is 10.2 Å². The number of phenols is 1. The molecule has 1 atom stereocenters. The van der Waals surface area contributed by atoms with Crippen LogP contribution in [0.4, 0.5) is 0 Å². The Kier molecular flexibility index (Phi) is 6.91. The standard InChI is InChI=1S/C18H28N4O3/c1-3-20-18(22-9-5-6-13(12-22)10-16(19)23)21-11-14-7-4-8-15(25-2)17(14)24/h4,7-8,13,24H,3,5-6,9-12H2,1-2H3,(H2,19,23)(H,20,21). The number of rotatable bonds is 6. The molecular formula is C18H28N4O3. The van der Waals surface area contributed by atoms with Crippen LogP contribution >= 0.6 is 0 Å². The van der Waals surface area contributed by atoms with Crippen molar-refractivity contribution in [1.29, 1.82) is 0 Å². The van der Waals surface area contributed by atoms with Crippen LogP contribution in [-0.4, -0.2) is 48.6 Å². The van der Waals surface area contributed by atoms with Gasteiger partial charge in [-0.05, 0) is 31.7 Å². The van der Waals surface area contributed by atoms with E-state index in [-0.39, 0.29) is 17.6 Å². The number of para-hydroxylation sites is 1. The molecule has 1 aliphatic heterocycles. The number of nitrogens with zero attached hydrogens (tertiary/aromatic N) is 2. The number of likely N-dealkylation sites (tertiary alicyclic amines) is 1. The van der Waals surface area contributed by atoms with Crippen molar-refractivity contribution in [3.8, 4) is 11.5 Å². The predicted octanol–water partition coefficient (Wildman–Crippen LogP) is 1.45. The number of primary amides is 1. The van der Waals surface area contributed by atoms with E-state index in [1.165, 1.54) is 7.11 Å². The Morgan fingerprint density at radius 1 is 1.52 bits per heavy atom. The molecule has 1 aromatic carbocycles. The smallest absolute Gasteiger partial charge is 0.217 e. The Labute approximate surface area is 148 Å². The first-order valence-corrected chi connectivity index (χ1v) is 8.71. The van der Waals surface area contributed by atoms with Crippen molar-refractivity contribution in [2.45, 2.75) is 32.7 Å². The number of piperidine rings is 1. The maximum Gasteiger partial charge on any atom is 0.217 e. The number of ether oxygens (including phenoxy) is 1. The molecule has 138 valence electrons. The predicted molar refractivity (Wildman–Crippen MR) is 97.6 cm³/mol. The van der Waals surface area contributed by atoms with Crippen LogP contribution in [-0.2, 0) is 11.3 Å². The highest BCUT2D eigenvalue weighted by Gasteiger charge is 2.23. The molecule has 0 aromatic heterocycles. The van der Waals surface area contributed by atoms with Crippen LogP contribution in [0.15, 0.2) is 23.2 Å². The molecule has 1 fully saturated rings. The molecular weight excluding hydrogens is 320 g/mol. The summed E-state index contributed by atoms with van der Waals surface area (Å²) < 4.78 is 5.14. The van der Waals surface area contributed by atoms with Crippen LogP contribution in [0.25, 0.3) is 0 Å². The lowest BCUT2D eigenvalue weighted by Gasteiger charge is -2.34. The number of nitrogens with two attached hydrogens (primary N) is 1. The van der Waals surface area contributed by atoms with E-state index >= 15 is 0 Å². The molecule has 0 radical (unpaired) electrons. The average molecular weight is 348 g/mol. The zero-order valence-electron chi connectivity index (χ0n) is 15.0. The number of carbonyl (C=O) groups excluding carboxylic acids is 1. The molecule has 1 aliphatic rings. The zero-order valence-corrected chi connectivity index (χ0v) is 15.0. The minimum absolute atomic E-state index is 0.120. The number of hydrogen-bond donors (Lipinski definition) is 3. The van der Waals surface area contributed by atoms with E-state index in [2.05, 4.69) is 15.2 Å². The van der Waals surface area contributed by atoms with Crippen LogP contribution in [0.1, 0.15) is 31.7 Å². The highest BCUT2D eigenvalue weighted by atomic mass is 16.5. The largest absolute Gasteiger partial charge is 0.504 e. The van der Waals surface area contributed by atoms with Crippen LogP contribution in [0.5, 0.6) is 11.5 Å². The number of aromatic hydroxyl groups is 1. The van der Waals surface area contributed by atoms with Gasteiger partial charge in [-0.15, -0.1) is 0 Å². The summed E-state index contributed by atoms with van der Waals surface area (Å²) in [5.74, 6) is 1.36. The van der Waals surface area contributed by atoms with Gasteiger partial charge in [0.15, 0.2) is 17.5 Å². The van der Waals surface area contributed by atoms with Crippen LogP contribution in [0.2, 0.25) is 0 Å². The maximum absolute atomic E-state index is 11.2. The van der Waals surface area contributed by atoms with Crippen molar-refractivity contribution < 1.29 is 14.6 Å². The summed E-state index contributed by atoms with van der Waals surface area (Å²) in [5.41, 5.74) is 6.05. The van der Waals surface area contributed by atoms with Crippen molar-refractivity contribution in [3.63, 3.8) is 0 Å². The second-order valence-corrected chi connectivity index (χ2v) is 6.26. The van der Waals surface area contributed by atoms with E-state index in [1.54, 1.807) is 6.07 Å². The van der Waals surface area contributed by atoms with E-state index in [9.17, 15) is 9.90 Å². The summed E-state index contributed by atoms with van der Waals surface area (Å²) >= 11 is 0. The molecule has 0 saturated carbocycles. The van der Waals surface area contributed by atoms with E-state index in [4.69, 9.17) is 10.5 Å². The number of aliphatic imine (C=N–C) groups is 1. The fourth-order valence-corrected chi connectivity index (χ4v) is 3.15. The normalized spacial score (nSPS) is 18.1. The summed E-state index contributed by atoms with van der Waals surface area (Å²) in [6.45, 7) is 4.77. The summed E-state index contributed by atoms with van der Waals surface area (Å²) in [6, 6.07) is 5.38. The first-order chi connectivity index (χ1) is 12.0. The molecule has 0 aliphatic carbocycles. The molecule has 1 aromatic rings. The first kappa shape index (κ1) is 18.9. The molecule has 1 saturated heterocycles. The highest BCUT2D eigenvalue weighted by molar-refractivity contribution is 5.80. The van der Waals surface area contributed by atoms with E-state index < -0.39 is 0 Å². The summed E-state index contributed by atoms with van der Waals surface area (Å²) in [6.07, 6.45) is 2.43. The fraction of sp³-hybridized carbons (Fsp3) is 0.556. The minimum atomic E-state index is -0.255. The molecule has 4 N–H and O–H groups in total. The Morgan fingerprint density at radius 3 is 3.00 bits per heavy atom. The second kappa shape index (κ2) is 9.15. The van der Waals surface area contributed by atoms with Gasteiger partial charge >= 0.3 is 0 Å². The van der Waals surface area contributed by atoms with Gasteiger partial charge in [-0.3, -0.25) is 4.79 Å². The lowest BCUT2D eigenvalue weighted by atomic mass is 9.95. The third kappa shape index (κ3) is 5.27. The van der Waals surface area contributed by atoms with Crippen LogP contribution < -0.4 is 15.8 Å². The average Bonchev–Trinajstić information content (AvgIpc) is 2.59. The van der Waals surface area contributed by atoms with Crippen molar-refractivity contribution in [2.75, 3.05) is 26.7 Å². The topological polar surface area (TPSA) is 100 Å². The number of carbonyl (C=O) groups is 1. The number of benzene rings is 1. The van der Waals surface area contributed by atoms with Crippen molar-refractivity contribution in [3.05, 3.63) is 23.8 Å². The van der Waals surface area contributed by atoms with Crippen molar-refractivity contribution in [2.24, 2.45) is 16.6 Å². The Hall–Kier alpha value is -2.44. The van der Waals surface area contributed by atoms with Crippen LogP contribution in [0.3, 0.4) is 0 Å². The summed E-state index contributed by atoms with van der Waals surface area (Å²) in [4.78, 5) is 18.0. The quantitative estimate of drug-likeness (QED) is 0.534. The van der Waals surface area contributed by atoms with E-state index in [0.29, 0.717) is 24.3 Å². The van der Waals surface area contributed by atoms with Gasteiger partial charge in [-0.2, -0.15) is 0 Å². The molecule has 7 nitrogen and oxygen atoms in total. The molecule has 0 bridgehead atoms. The van der Waals surface area contributed by atoms with Gasteiger partial charge in [0, 0.05) is 31.6 Å². The minimum Gasteiger partial charge on any atom is -0.504 e. The SMILES string of the molecule is CCNC(=NCc1cccc(OC)c1O)N1CCCC(CC(N)=O)C1. The lowest BCUT2D eigenvalue weighted by Crippen LogP contribution is -2.47. The van der Waals surface area contributed by atoms with Crippen molar-refractivity contribution >= 4 is 11.9 Å². The highest BCUT2D eigenvalue weighted by Crippen LogP contribution is 2.29. The molecule has 1 amide bonds. The third-order valence-corrected chi connectivity index (χ3v) is 4.34. The number of amides is 1. The fourth-order valence-electron chi connectivity index (χ4n) is 3.15.